The molecule has 3 aromatic rings. The molecule has 1 amide bonds. The summed E-state index contributed by atoms with van der Waals surface area (Å²) in [6, 6.07) is 9.82. The van der Waals surface area contributed by atoms with E-state index in [2.05, 4.69) is 16.3 Å². The number of para-hydroxylation sites is 1. The van der Waals surface area contributed by atoms with Crippen molar-refractivity contribution in [3.8, 4) is 0 Å². The molecule has 0 saturated carbocycles. The lowest BCUT2D eigenvalue weighted by Gasteiger charge is -2.33. The Morgan fingerprint density at radius 2 is 2.10 bits per heavy atom. The van der Waals surface area contributed by atoms with Gasteiger partial charge in [-0.25, -0.2) is 8.42 Å². The number of carbonyl (C=O) groups excluding carboxylic acids is 1. The van der Waals surface area contributed by atoms with Crippen LogP contribution in [0.25, 0.3) is 16.6 Å². The van der Waals surface area contributed by atoms with Gasteiger partial charge in [-0.3, -0.25) is 9.20 Å². The predicted molar refractivity (Wildman–Crippen MR) is 120 cm³/mol. The van der Waals surface area contributed by atoms with Crippen molar-refractivity contribution in [3.63, 3.8) is 0 Å². The number of sulfone groups is 1. The normalized spacial score (nSPS) is 19.4. The van der Waals surface area contributed by atoms with Crippen LogP contribution < -0.4 is 0 Å². The van der Waals surface area contributed by atoms with Gasteiger partial charge in [-0.2, -0.15) is 0 Å². The first-order valence-electron chi connectivity index (χ1n) is 10.2. The molecule has 4 rings (SSSR count). The SMILES string of the molecule is CCC(C)N(C(=O)CSc1nnc2cc(C)c3ccccc3n12)C1CCS(=O)(=O)C1. The van der Waals surface area contributed by atoms with E-state index >= 15 is 0 Å². The molecule has 0 N–H and O–H groups in total. The molecule has 1 aliphatic rings. The Bertz CT molecular complexity index is 1210. The van der Waals surface area contributed by atoms with Crippen molar-refractivity contribution in [2.75, 3.05) is 17.3 Å². The summed E-state index contributed by atoms with van der Waals surface area (Å²) in [5, 5.41) is 10.4. The number of aromatic nitrogens is 3. The van der Waals surface area contributed by atoms with Crippen LogP contribution in [-0.2, 0) is 14.6 Å². The van der Waals surface area contributed by atoms with E-state index < -0.39 is 9.84 Å². The van der Waals surface area contributed by atoms with E-state index in [4.69, 9.17) is 0 Å². The molecule has 1 aliphatic heterocycles. The number of hydrogen-bond acceptors (Lipinski definition) is 6. The fourth-order valence-corrected chi connectivity index (χ4v) is 6.70. The quantitative estimate of drug-likeness (QED) is 0.541. The number of carbonyl (C=O) groups is 1. The van der Waals surface area contributed by atoms with Crippen molar-refractivity contribution in [2.24, 2.45) is 0 Å². The fourth-order valence-electron chi connectivity index (χ4n) is 4.17. The van der Waals surface area contributed by atoms with Gasteiger partial charge in [0.25, 0.3) is 0 Å². The molecule has 2 atom stereocenters. The van der Waals surface area contributed by atoms with E-state index in [-0.39, 0.29) is 35.2 Å². The van der Waals surface area contributed by atoms with E-state index in [1.165, 1.54) is 11.8 Å². The van der Waals surface area contributed by atoms with Crippen LogP contribution >= 0.6 is 11.8 Å². The molecule has 2 unspecified atom stereocenters. The van der Waals surface area contributed by atoms with E-state index in [0.717, 1.165) is 28.5 Å². The molecule has 0 aliphatic carbocycles. The Kier molecular flexibility index (Phi) is 5.76. The van der Waals surface area contributed by atoms with Gasteiger partial charge in [-0.15, -0.1) is 10.2 Å². The molecule has 9 heteroatoms. The Morgan fingerprint density at radius 1 is 1.33 bits per heavy atom. The number of pyridine rings is 1. The molecular formula is C21H26N4O3S2. The second kappa shape index (κ2) is 8.19. The third-order valence-electron chi connectivity index (χ3n) is 5.85. The summed E-state index contributed by atoms with van der Waals surface area (Å²) in [5.74, 6) is 0.366. The summed E-state index contributed by atoms with van der Waals surface area (Å²) in [7, 11) is -3.06. The van der Waals surface area contributed by atoms with Gasteiger partial charge in [0.1, 0.15) is 0 Å². The number of amides is 1. The summed E-state index contributed by atoms with van der Waals surface area (Å²) in [6.07, 6.45) is 1.30. The van der Waals surface area contributed by atoms with Crippen molar-refractivity contribution in [1.29, 1.82) is 0 Å². The van der Waals surface area contributed by atoms with Crippen LogP contribution in [0.3, 0.4) is 0 Å². The van der Waals surface area contributed by atoms with Crippen molar-refractivity contribution in [1.82, 2.24) is 19.5 Å². The molecule has 0 bridgehead atoms. The maximum Gasteiger partial charge on any atom is 0.233 e. The Morgan fingerprint density at radius 3 is 2.80 bits per heavy atom. The minimum atomic E-state index is -3.06. The smallest absolute Gasteiger partial charge is 0.233 e. The molecule has 1 fully saturated rings. The van der Waals surface area contributed by atoms with Gasteiger partial charge in [-0.1, -0.05) is 36.9 Å². The van der Waals surface area contributed by atoms with Crippen molar-refractivity contribution in [2.45, 2.75) is 50.9 Å². The van der Waals surface area contributed by atoms with E-state index in [0.29, 0.717) is 11.6 Å². The van der Waals surface area contributed by atoms with Gasteiger partial charge >= 0.3 is 0 Å². The lowest BCUT2D eigenvalue weighted by molar-refractivity contribution is -0.132. The second-order valence-corrected chi connectivity index (χ2v) is 11.1. The lowest BCUT2D eigenvalue weighted by atomic mass is 10.1. The van der Waals surface area contributed by atoms with Crippen molar-refractivity contribution < 1.29 is 13.2 Å². The minimum Gasteiger partial charge on any atom is -0.335 e. The van der Waals surface area contributed by atoms with Crippen molar-refractivity contribution in [3.05, 3.63) is 35.9 Å². The molecule has 1 saturated heterocycles. The first-order valence-corrected chi connectivity index (χ1v) is 13.0. The van der Waals surface area contributed by atoms with E-state index in [9.17, 15) is 13.2 Å². The Labute approximate surface area is 180 Å². The largest absolute Gasteiger partial charge is 0.335 e. The molecule has 2 aromatic heterocycles. The van der Waals surface area contributed by atoms with Gasteiger partial charge in [-0.05, 0) is 44.4 Å². The summed E-state index contributed by atoms with van der Waals surface area (Å²) in [4.78, 5) is 14.9. The van der Waals surface area contributed by atoms with Crippen LogP contribution in [-0.4, -0.2) is 63.2 Å². The van der Waals surface area contributed by atoms with E-state index in [1.807, 2.05) is 49.4 Å². The minimum absolute atomic E-state index is 0.00461. The van der Waals surface area contributed by atoms with Crippen LogP contribution in [0.5, 0.6) is 0 Å². The molecule has 7 nitrogen and oxygen atoms in total. The number of fused-ring (bicyclic) bond motifs is 3. The van der Waals surface area contributed by atoms with Gasteiger partial charge < -0.3 is 4.90 Å². The predicted octanol–water partition coefficient (Wildman–Crippen LogP) is 3.10. The van der Waals surface area contributed by atoms with Crippen LogP contribution in [0.15, 0.2) is 35.5 Å². The number of rotatable bonds is 6. The average Bonchev–Trinajstić information content (AvgIpc) is 3.29. The molecule has 160 valence electrons. The molecule has 1 aromatic carbocycles. The van der Waals surface area contributed by atoms with Gasteiger partial charge in [0.05, 0.1) is 22.8 Å². The highest BCUT2D eigenvalue weighted by atomic mass is 32.2. The monoisotopic (exact) mass is 446 g/mol. The third-order valence-corrected chi connectivity index (χ3v) is 8.52. The highest BCUT2D eigenvalue weighted by molar-refractivity contribution is 7.99. The Hall–Kier alpha value is -2.13. The standard InChI is InChI=1S/C21H26N4O3S2/c1-4-15(3)24(16-9-10-30(27,28)13-16)20(26)12-29-21-23-22-19-11-14(2)17-7-5-6-8-18(17)25(19)21/h5-8,11,15-16H,4,9-10,12-13H2,1-3H3. The molecular weight excluding hydrogens is 420 g/mol. The third kappa shape index (κ3) is 3.92. The first kappa shape index (κ1) is 21.1. The van der Waals surface area contributed by atoms with Crippen LogP contribution in [0.4, 0.5) is 0 Å². The summed E-state index contributed by atoms with van der Waals surface area (Å²) in [5.41, 5.74) is 2.89. The van der Waals surface area contributed by atoms with Crippen LogP contribution in [0.2, 0.25) is 0 Å². The zero-order valence-corrected chi connectivity index (χ0v) is 19.0. The van der Waals surface area contributed by atoms with Gasteiger partial charge in [0.15, 0.2) is 20.6 Å². The summed E-state index contributed by atoms with van der Waals surface area (Å²) < 4.78 is 25.9. The van der Waals surface area contributed by atoms with E-state index in [1.54, 1.807) is 4.90 Å². The number of aryl methyl sites for hydroxylation is 1. The molecule has 0 radical (unpaired) electrons. The Balaban J connectivity index is 1.60. The number of nitrogens with zero attached hydrogens (tertiary/aromatic N) is 4. The van der Waals surface area contributed by atoms with Crippen molar-refractivity contribution >= 4 is 44.1 Å². The van der Waals surface area contributed by atoms with Gasteiger partial charge in [0.2, 0.25) is 5.91 Å². The number of hydrogen-bond donors (Lipinski definition) is 0. The van der Waals surface area contributed by atoms with Gasteiger partial charge in [0, 0.05) is 17.5 Å². The summed E-state index contributed by atoms with van der Waals surface area (Å²) >= 11 is 1.35. The summed E-state index contributed by atoms with van der Waals surface area (Å²) in [6.45, 7) is 6.05. The zero-order valence-electron chi connectivity index (χ0n) is 17.4. The lowest BCUT2D eigenvalue weighted by Crippen LogP contribution is -2.47. The fraction of sp³-hybridized carbons (Fsp3) is 0.476. The molecule has 30 heavy (non-hydrogen) atoms. The van der Waals surface area contributed by atoms with Crippen LogP contribution in [0, 0.1) is 6.92 Å². The molecule has 3 heterocycles. The zero-order chi connectivity index (χ0) is 21.5. The first-order chi connectivity index (χ1) is 14.3. The van der Waals surface area contributed by atoms with Crippen LogP contribution in [0.1, 0.15) is 32.3 Å². The number of benzene rings is 1. The highest BCUT2D eigenvalue weighted by Gasteiger charge is 2.36. The highest BCUT2D eigenvalue weighted by Crippen LogP contribution is 2.27. The maximum atomic E-state index is 13.1. The number of thioether (sulfide) groups is 1. The topological polar surface area (TPSA) is 84.6 Å². The molecule has 0 spiro atoms. The maximum absolute atomic E-state index is 13.1. The average molecular weight is 447 g/mol. The second-order valence-electron chi connectivity index (χ2n) is 7.92.